The highest BCUT2D eigenvalue weighted by atomic mass is 16.6. The first-order chi connectivity index (χ1) is 11.6. The van der Waals surface area contributed by atoms with Crippen LogP contribution in [0.2, 0.25) is 0 Å². The van der Waals surface area contributed by atoms with Gasteiger partial charge in [0.2, 0.25) is 0 Å². The summed E-state index contributed by atoms with van der Waals surface area (Å²) in [6.07, 6.45) is -2.50. The molecular weight excluding hydrogens is 328 g/mol. The third kappa shape index (κ3) is 4.80. The minimum absolute atomic E-state index is 0.0187. The molecule has 2 aliphatic rings. The van der Waals surface area contributed by atoms with E-state index in [1.807, 2.05) is 6.92 Å². The standard InChI is InChI=1S/C18H30O7/c1-8(9(2)18(22)23)5-13-16(21)15(20)12(7-24-13)6-14-17(25-14)10(3)11(4)19/h9-17,19-21H,1,5-7H2,2-4H3,(H,22,23). The molecule has 9 atom stereocenters. The second-order valence-corrected chi connectivity index (χ2v) is 7.51. The normalized spacial score (nSPS) is 38.6. The highest BCUT2D eigenvalue weighted by Gasteiger charge is 2.48. The summed E-state index contributed by atoms with van der Waals surface area (Å²) in [6, 6.07) is 0. The van der Waals surface area contributed by atoms with Gasteiger partial charge >= 0.3 is 5.97 Å². The van der Waals surface area contributed by atoms with Crippen molar-refractivity contribution in [1.29, 1.82) is 0 Å². The van der Waals surface area contributed by atoms with Crippen molar-refractivity contribution >= 4 is 5.97 Å². The molecule has 0 bridgehead atoms. The summed E-state index contributed by atoms with van der Waals surface area (Å²) >= 11 is 0. The Kier molecular flexibility index (Phi) is 6.62. The molecule has 0 amide bonds. The summed E-state index contributed by atoms with van der Waals surface area (Å²) in [4.78, 5) is 11.0. The van der Waals surface area contributed by atoms with Crippen LogP contribution in [-0.2, 0) is 14.3 Å². The van der Waals surface area contributed by atoms with Gasteiger partial charge in [0.05, 0.1) is 43.0 Å². The van der Waals surface area contributed by atoms with Crippen molar-refractivity contribution in [3.8, 4) is 0 Å². The van der Waals surface area contributed by atoms with E-state index >= 15 is 0 Å². The van der Waals surface area contributed by atoms with Gasteiger partial charge in [-0.1, -0.05) is 19.1 Å². The van der Waals surface area contributed by atoms with E-state index in [0.717, 1.165) is 0 Å². The fourth-order valence-electron chi connectivity index (χ4n) is 3.32. The lowest BCUT2D eigenvalue weighted by Crippen LogP contribution is -2.50. The number of rotatable bonds is 8. The Morgan fingerprint density at radius 2 is 1.84 bits per heavy atom. The Bertz CT molecular complexity index is 492. The molecule has 0 aromatic carbocycles. The topological polar surface area (TPSA) is 120 Å². The van der Waals surface area contributed by atoms with Crippen LogP contribution in [0, 0.1) is 17.8 Å². The van der Waals surface area contributed by atoms with Crippen LogP contribution < -0.4 is 0 Å². The second-order valence-electron chi connectivity index (χ2n) is 7.51. The molecule has 144 valence electrons. The summed E-state index contributed by atoms with van der Waals surface area (Å²) < 4.78 is 11.3. The van der Waals surface area contributed by atoms with Crippen molar-refractivity contribution in [2.24, 2.45) is 17.8 Å². The monoisotopic (exact) mass is 358 g/mol. The highest BCUT2D eigenvalue weighted by molar-refractivity contribution is 5.72. The van der Waals surface area contributed by atoms with Gasteiger partial charge in [0.25, 0.3) is 0 Å². The molecule has 7 nitrogen and oxygen atoms in total. The predicted molar refractivity (Wildman–Crippen MR) is 89.9 cm³/mol. The zero-order chi connectivity index (χ0) is 18.9. The number of carbonyl (C=O) groups is 1. The lowest BCUT2D eigenvalue weighted by Gasteiger charge is -2.38. The SMILES string of the molecule is C=C(CC1OCC(CC2OC2C(C)C(C)O)C(O)C1O)C(C)C(=O)O. The van der Waals surface area contributed by atoms with E-state index < -0.39 is 36.3 Å². The third-order valence-corrected chi connectivity index (χ3v) is 5.62. The molecule has 0 radical (unpaired) electrons. The fourth-order valence-corrected chi connectivity index (χ4v) is 3.32. The minimum Gasteiger partial charge on any atom is -0.481 e. The molecule has 2 fully saturated rings. The van der Waals surface area contributed by atoms with Gasteiger partial charge in [0, 0.05) is 11.8 Å². The molecule has 2 saturated heterocycles. The largest absolute Gasteiger partial charge is 0.481 e. The molecule has 0 aromatic rings. The lowest BCUT2D eigenvalue weighted by molar-refractivity contribution is -0.165. The summed E-state index contributed by atoms with van der Waals surface area (Å²) in [5, 5.41) is 39.3. The average molecular weight is 358 g/mol. The molecule has 0 spiro atoms. The highest BCUT2D eigenvalue weighted by Crippen LogP contribution is 2.38. The van der Waals surface area contributed by atoms with E-state index in [4.69, 9.17) is 14.6 Å². The van der Waals surface area contributed by atoms with Crippen molar-refractivity contribution in [3.05, 3.63) is 12.2 Å². The number of aliphatic carboxylic acids is 1. The van der Waals surface area contributed by atoms with Crippen LogP contribution in [0.3, 0.4) is 0 Å². The Labute approximate surface area is 148 Å². The average Bonchev–Trinajstić information content (AvgIpc) is 3.31. The van der Waals surface area contributed by atoms with E-state index in [1.54, 1.807) is 6.92 Å². The van der Waals surface area contributed by atoms with Gasteiger partial charge in [0.15, 0.2) is 0 Å². The van der Waals surface area contributed by atoms with Crippen molar-refractivity contribution in [2.45, 2.75) is 70.2 Å². The van der Waals surface area contributed by atoms with Crippen LogP contribution in [-0.4, -0.2) is 69.6 Å². The molecule has 0 aliphatic carbocycles. The van der Waals surface area contributed by atoms with Gasteiger partial charge in [-0.2, -0.15) is 0 Å². The van der Waals surface area contributed by atoms with E-state index in [0.29, 0.717) is 12.0 Å². The van der Waals surface area contributed by atoms with Crippen molar-refractivity contribution in [3.63, 3.8) is 0 Å². The minimum atomic E-state index is -1.09. The number of aliphatic hydroxyl groups excluding tert-OH is 3. The van der Waals surface area contributed by atoms with Crippen LogP contribution in [0.1, 0.15) is 33.6 Å². The molecule has 2 rings (SSSR count). The molecule has 2 aliphatic heterocycles. The molecule has 25 heavy (non-hydrogen) atoms. The zero-order valence-corrected chi connectivity index (χ0v) is 15.0. The number of hydrogen-bond acceptors (Lipinski definition) is 6. The van der Waals surface area contributed by atoms with Crippen LogP contribution in [0.5, 0.6) is 0 Å². The molecule has 4 N–H and O–H groups in total. The number of aliphatic hydroxyl groups is 3. The molecule has 0 saturated carbocycles. The summed E-state index contributed by atoms with van der Waals surface area (Å²) in [6.45, 7) is 9.20. The van der Waals surface area contributed by atoms with Gasteiger partial charge in [-0.15, -0.1) is 0 Å². The van der Waals surface area contributed by atoms with E-state index in [1.165, 1.54) is 6.92 Å². The first-order valence-electron chi connectivity index (χ1n) is 8.85. The Morgan fingerprint density at radius 1 is 1.20 bits per heavy atom. The van der Waals surface area contributed by atoms with Crippen LogP contribution in [0.15, 0.2) is 12.2 Å². The van der Waals surface area contributed by atoms with E-state index in [2.05, 4.69) is 6.58 Å². The van der Waals surface area contributed by atoms with Crippen molar-refractivity contribution in [2.75, 3.05) is 6.61 Å². The molecule has 7 heteroatoms. The number of hydrogen-bond donors (Lipinski definition) is 4. The lowest BCUT2D eigenvalue weighted by atomic mass is 9.84. The van der Waals surface area contributed by atoms with Gasteiger partial charge in [-0.25, -0.2) is 0 Å². The van der Waals surface area contributed by atoms with Crippen LogP contribution in [0.25, 0.3) is 0 Å². The number of carboxylic acids is 1. The van der Waals surface area contributed by atoms with E-state index in [9.17, 15) is 20.1 Å². The van der Waals surface area contributed by atoms with Crippen LogP contribution >= 0.6 is 0 Å². The van der Waals surface area contributed by atoms with E-state index in [-0.39, 0.29) is 37.1 Å². The van der Waals surface area contributed by atoms with Gasteiger partial charge < -0.3 is 29.9 Å². The first kappa shape index (κ1) is 20.3. The van der Waals surface area contributed by atoms with Crippen LogP contribution in [0.4, 0.5) is 0 Å². The van der Waals surface area contributed by atoms with Crippen molar-refractivity contribution < 1.29 is 34.7 Å². The van der Waals surface area contributed by atoms with Crippen molar-refractivity contribution in [1.82, 2.24) is 0 Å². The van der Waals surface area contributed by atoms with Gasteiger partial charge in [0.1, 0.15) is 6.10 Å². The van der Waals surface area contributed by atoms with Gasteiger partial charge in [-0.05, 0) is 26.7 Å². The molecule has 0 aromatic heterocycles. The van der Waals surface area contributed by atoms with Gasteiger partial charge in [-0.3, -0.25) is 4.79 Å². The smallest absolute Gasteiger partial charge is 0.310 e. The summed E-state index contributed by atoms with van der Waals surface area (Å²) in [7, 11) is 0. The molecule has 2 heterocycles. The number of ether oxygens (including phenoxy) is 2. The second kappa shape index (κ2) is 8.14. The Hall–Kier alpha value is -0.990. The zero-order valence-electron chi connectivity index (χ0n) is 15.0. The summed E-state index contributed by atoms with van der Waals surface area (Å²) in [5.41, 5.74) is 0.457. The maximum absolute atomic E-state index is 11.0. The Balaban J connectivity index is 1.84. The maximum Gasteiger partial charge on any atom is 0.310 e. The first-order valence-corrected chi connectivity index (χ1v) is 8.85. The number of carboxylic acid groups (broad SMARTS) is 1. The maximum atomic E-state index is 11.0. The number of epoxide rings is 1. The summed E-state index contributed by atoms with van der Waals surface area (Å²) in [5.74, 6) is -1.94. The molecular formula is C18H30O7. The molecule has 9 unspecified atom stereocenters. The third-order valence-electron chi connectivity index (χ3n) is 5.62. The predicted octanol–water partition coefficient (Wildman–Crippen LogP) is 0.565. The quantitative estimate of drug-likeness (QED) is 0.370. The Morgan fingerprint density at radius 3 is 2.40 bits per heavy atom. The fraction of sp³-hybridized carbons (Fsp3) is 0.833.